The van der Waals surface area contributed by atoms with Crippen molar-refractivity contribution in [3.63, 3.8) is 0 Å². The lowest BCUT2D eigenvalue weighted by Gasteiger charge is -2.03. The number of isothiocyanates is 1. The van der Waals surface area contributed by atoms with Crippen LogP contribution in [0.5, 0.6) is 0 Å². The minimum Gasteiger partial charge on any atom is -0.384 e. The molecule has 0 bridgehead atoms. The Morgan fingerprint density at radius 1 is 1.54 bits per heavy atom. The lowest BCUT2D eigenvalue weighted by Crippen LogP contribution is -2.04. The molecule has 0 saturated heterocycles. The van der Waals surface area contributed by atoms with E-state index < -0.39 is 0 Å². The largest absolute Gasteiger partial charge is 0.384 e. The average molecular weight is 190 g/mol. The van der Waals surface area contributed by atoms with Gasteiger partial charge in [0.25, 0.3) is 0 Å². The first kappa shape index (κ1) is 8.42. The maximum Gasteiger partial charge on any atom is 0.0585 e. The number of thiocarbonyl (C=S) groups is 1. The van der Waals surface area contributed by atoms with E-state index in [2.05, 4.69) is 45.9 Å². The van der Waals surface area contributed by atoms with Crippen molar-refractivity contribution < 1.29 is 0 Å². The third-order valence-electron chi connectivity index (χ3n) is 2.32. The molecule has 13 heavy (non-hydrogen) atoms. The van der Waals surface area contributed by atoms with Crippen molar-refractivity contribution in [1.82, 2.24) is 0 Å². The van der Waals surface area contributed by atoms with Gasteiger partial charge in [-0.05, 0) is 23.8 Å². The molecule has 0 fully saturated rings. The number of benzene rings is 1. The Kier molecular flexibility index (Phi) is 2.39. The van der Waals surface area contributed by atoms with Gasteiger partial charge in [0.15, 0.2) is 0 Å². The van der Waals surface area contributed by atoms with Gasteiger partial charge in [-0.25, -0.2) is 4.99 Å². The Morgan fingerprint density at radius 2 is 2.38 bits per heavy atom. The quantitative estimate of drug-likeness (QED) is 0.571. The zero-order valence-corrected chi connectivity index (χ0v) is 7.97. The molecule has 1 heterocycles. The normalized spacial score (nSPS) is 18.6. The molecule has 0 amide bonds. The summed E-state index contributed by atoms with van der Waals surface area (Å²) in [5.41, 5.74) is 2.57. The van der Waals surface area contributed by atoms with Crippen molar-refractivity contribution in [2.75, 3.05) is 18.4 Å². The SMILES string of the molecule is S=C=NCC1CNc2ccccc21. The number of hydrogen-bond donors (Lipinski definition) is 1. The molecule has 1 atom stereocenters. The summed E-state index contributed by atoms with van der Waals surface area (Å²) >= 11 is 4.55. The zero-order valence-electron chi connectivity index (χ0n) is 7.16. The van der Waals surface area contributed by atoms with E-state index in [0.29, 0.717) is 5.92 Å². The first-order chi connectivity index (χ1) is 6.42. The van der Waals surface area contributed by atoms with Crippen LogP contribution in [0.25, 0.3) is 0 Å². The van der Waals surface area contributed by atoms with Crippen molar-refractivity contribution in [3.05, 3.63) is 29.8 Å². The molecular formula is C10H10N2S. The topological polar surface area (TPSA) is 24.4 Å². The third-order valence-corrected chi connectivity index (χ3v) is 2.44. The number of para-hydroxylation sites is 1. The van der Waals surface area contributed by atoms with Gasteiger partial charge in [-0.15, -0.1) is 0 Å². The summed E-state index contributed by atoms with van der Waals surface area (Å²) in [6.45, 7) is 1.70. The highest BCUT2D eigenvalue weighted by molar-refractivity contribution is 7.78. The summed E-state index contributed by atoms with van der Waals surface area (Å²) in [5.74, 6) is 0.464. The van der Waals surface area contributed by atoms with E-state index in [-0.39, 0.29) is 0 Å². The van der Waals surface area contributed by atoms with E-state index in [4.69, 9.17) is 0 Å². The minimum atomic E-state index is 0.464. The fourth-order valence-corrected chi connectivity index (χ4v) is 1.74. The van der Waals surface area contributed by atoms with Gasteiger partial charge in [0.05, 0.1) is 11.7 Å². The summed E-state index contributed by atoms with van der Waals surface area (Å²) in [6, 6.07) is 8.33. The Labute approximate surface area is 82.7 Å². The number of nitrogens with one attached hydrogen (secondary N) is 1. The molecule has 66 valence electrons. The van der Waals surface area contributed by atoms with Gasteiger partial charge < -0.3 is 5.32 Å². The lowest BCUT2D eigenvalue weighted by molar-refractivity contribution is 0.771. The number of aliphatic imine (C=N–C) groups is 1. The fraction of sp³-hybridized carbons (Fsp3) is 0.300. The maximum atomic E-state index is 4.55. The number of fused-ring (bicyclic) bond motifs is 1. The monoisotopic (exact) mass is 190 g/mol. The summed E-state index contributed by atoms with van der Waals surface area (Å²) in [4.78, 5) is 3.98. The van der Waals surface area contributed by atoms with Crippen LogP contribution < -0.4 is 5.32 Å². The second-order valence-corrected chi connectivity index (χ2v) is 3.28. The molecule has 3 heteroatoms. The predicted molar refractivity (Wildman–Crippen MR) is 57.6 cm³/mol. The molecule has 1 unspecified atom stereocenters. The Hall–Kier alpha value is -1.18. The molecule has 1 aromatic carbocycles. The minimum absolute atomic E-state index is 0.464. The molecule has 0 saturated carbocycles. The highest BCUT2D eigenvalue weighted by Gasteiger charge is 2.20. The molecule has 0 spiro atoms. The number of rotatable bonds is 2. The van der Waals surface area contributed by atoms with Gasteiger partial charge in [0, 0.05) is 18.2 Å². The van der Waals surface area contributed by atoms with Crippen LogP contribution in [0.15, 0.2) is 29.3 Å². The highest BCUT2D eigenvalue weighted by atomic mass is 32.1. The highest BCUT2D eigenvalue weighted by Crippen LogP contribution is 2.30. The van der Waals surface area contributed by atoms with Crippen LogP contribution in [-0.4, -0.2) is 18.3 Å². The molecular weight excluding hydrogens is 180 g/mol. The van der Waals surface area contributed by atoms with Gasteiger partial charge >= 0.3 is 0 Å². The predicted octanol–water partition coefficient (Wildman–Crippen LogP) is 2.30. The van der Waals surface area contributed by atoms with E-state index in [9.17, 15) is 0 Å². The van der Waals surface area contributed by atoms with Gasteiger partial charge in [-0.2, -0.15) is 0 Å². The van der Waals surface area contributed by atoms with E-state index in [0.717, 1.165) is 13.1 Å². The Morgan fingerprint density at radius 3 is 3.23 bits per heavy atom. The Bertz CT molecular complexity index is 356. The molecule has 1 aliphatic rings. The smallest absolute Gasteiger partial charge is 0.0585 e. The molecule has 2 rings (SSSR count). The van der Waals surface area contributed by atoms with Crippen molar-refractivity contribution in [1.29, 1.82) is 0 Å². The van der Waals surface area contributed by atoms with Crippen molar-refractivity contribution >= 4 is 23.1 Å². The van der Waals surface area contributed by atoms with Crippen LogP contribution >= 0.6 is 12.2 Å². The van der Waals surface area contributed by atoms with Gasteiger partial charge in [-0.3, -0.25) is 0 Å². The standard InChI is InChI=1S/C10H10N2S/c13-7-11-5-8-6-12-10-4-2-1-3-9(8)10/h1-4,8,12H,5-6H2. The number of nitrogens with zero attached hydrogens (tertiary/aromatic N) is 1. The van der Waals surface area contributed by atoms with Crippen LogP contribution in [0.1, 0.15) is 11.5 Å². The lowest BCUT2D eigenvalue weighted by atomic mass is 10.0. The third kappa shape index (κ3) is 1.62. The van der Waals surface area contributed by atoms with Crippen LogP contribution in [0.4, 0.5) is 5.69 Å². The first-order valence-corrected chi connectivity index (χ1v) is 4.69. The molecule has 0 aliphatic carbocycles. The maximum absolute atomic E-state index is 4.55. The zero-order chi connectivity index (χ0) is 9.10. The number of anilines is 1. The van der Waals surface area contributed by atoms with Gasteiger partial charge in [0.1, 0.15) is 0 Å². The van der Waals surface area contributed by atoms with Crippen molar-refractivity contribution in [2.24, 2.45) is 4.99 Å². The average Bonchev–Trinajstić information content (AvgIpc) is 2.58. The van der Waals surface area contributed by atoms with E-state index in [1.165, 1.54) is 11.3 Å². The molecule has 1 aliphatic heterocycles. The van der Waals surface area contributed by atoms with E-state index >= 15 is 0 Å². The number of hydrogen-bond acceptors (Lipinski definition) is 3. The summed E-state index contributed by atoms with van der Waals surface area (Å²) in [5, 5.41) is 5.74. The van der Waals surface area contributed by atoms with Crippen LogP contribution in [0, 0.1) is 0 Å². The Balaban J connectivity index is 2.23. The van der Waals surface area contributed by atoms with Crippen LogP contribution in [0.3, 0.4) is 0 Å². The summed E-state index contributed by atoms with van der Waals surface area (Å²) in [7, 11) is 0. The van der Waals surface area contributed by atoms with Crippen molar-refractivity contribution in [2.45, 2.75) is 5.92 Å². The second kappa shape index (κ2) is 3.69. The fourth-order valence-electron chi connectivity index (χ4n) is 1.67. The van der Waals surface area contributed by atoms with E-state index in [1.807, 2.05) is 6.07 Å². The van der Waals surface area contributed by atoms with Gasteiger partial charge in [-0.1, -0.05) is 18.2 Å². The molecule has 1 aromatic rings. The van der Waals surface area contributed by atoms with E-state index in [1.54, 1.807) is 0 Å². The summed E-state index contributed by atoms with van der Waals surface area (Å²) < 4.78 is 0. The second-order valence-electron chi connectivity index (χ2n) is 3.10. The first-order valence-electron chi connectivity index (χ1n) is 4.28. The van der Waals surface area contributed by atoms with Gasteiger partial charge in [0.2, 0.25) is 0 Å². The molecule has 0 radical (unpaired) electrons. The molecule has 1 N–H and O–H groups in total. The summed E-state index contributed by atoms with van der Waals surface area (Å²) in [6.07, 6.45) is 0. The molecule has 0 aromatic heterocycles. The van der Waals surface area contributed by atoms with Crippen molar-refractivity contribution in [3.8, 4) is 0 Å². The van der Waals surface area contributed by atoms with Crippen LogP contribution in [0.2, 0.25) is 0 Å². The molecule has 2 nitrogen and oxygen atoms in total. The van der Waals surface area contributed by atoms with Crippen LogP contribution in [-0.2, 0) is 0 Å².